The Hall–Kier alpha value is -2.98. The van der Waals surface area contributed by atoms with Crippen LogP contribution in [0.4, 0.5) is 0 Å². The molecule has 0 radical (unpaired) electrons. The Morgan fingerprint density at radius 3 is 2.85 bits per heavy atom. The highest BCUT2D eigenvalue weighted by Gasteiger charge is 2.28. The first kappa shape index (κ1) is 16.5. The zero-order valence-corrected chi connectivity index (χ0v) is 14.6. The third kappa shape index (κ3) is 3.37. The van der Waals surface area contributed by atoms with Crippen LogP contribution < -0.4 is 0 Å². The lowest BCUT2D eigenvalue weighted by Gasteiger charge is -2.37. The minimum absolute atomic E-state index is 0.409. The van der Waals surface area contributed by atoms with Gasteiger partial charge >= 0.3 is 0 Å². The number of aromatic nitrogens is 4. The maximum Gasteiger partial charge on any atom is 0.247 e. The van der Waals surface area contributed by atoms with Crippen molar-refractivity contribution in [2.24, 2.45) is 5.92 Å². The van der Waals surface area contributed by atoms with Gasteiger partial charge in [0.05, 0.1) is 24.5 Å². The largest absolute Gasteiger partial charge is 0.419 e. The summed E-state index contributed by atoms with van der Waals surface area (Å²) in [4.78, 5) is 6.52. The number of nitriles is 1. The van der Waals surface area contributed by atoms with Crippen molar-refractivity contribution < 1.29 is 4.42 Å². The van der Waals surface area contributed by atoms with Crippen LogP contribution in [0.1, 0.15) is 30.8 Å². The van der Waals surface area contributed by atoms with Gasteiger partial charge in [-0.05, 0) is 43.1 Å². The van der Waals surface area contributed by atoms with Crippen molar-refractivity contribution in [3.05, 3.63) is 54.4 Å². The molecule has 0 saturated carbocycles. The van der Waals surface area contributed by atoms with E-state index in [9.17, 15) is 0 Å². The van der Waals surface area contributed by atoms with E-state index in [1.807, 2.05) is 30.9 Å². The second-order valence-electron chi connectivity index (χ2n) is 6.77. The van der Waals surface area contributed by atoms with Crippen molar-refractivity contribution >= 4 is 0 Å². The molecule has 0 N–H and O–H groups in total. The van der Waals surface area contributed by atoms with Crippen molar-refractivity contribution in [3.8, 4) is 17.5 Å². The molecule has 1 aliphatic rings. The lowest BCUT2D eigenvalue weighted by atomic mass is 9.93. The van der Waals surface area contributed by atoms with Crippen molar-refractivity contribution in [2.75, 3.05) is 13.1 Å². The topological polar surface area (TPSA) is 83.8 Å². The molecule has 4 rings (SSSR count). The summed E-state index contributed by atoms with van der Waals surface area (Å²) in [5, 5.41) is 17.2. The van der Waals surface area contributed by atoms with E-state index >= 15 is 0 Å². The average Bonchev–Trinajstić information content (AvgIpc) is 3.35. The molecular formula is C19H20N6O. The van der Waals surface area contributed by atoms with E-state index in [0.29, 0.717) is 35.8 Å². The highest BCUT2D eigenvalue weighted by atomic mass is 16.4. The van der Waals surface area contributed by atoms with Crippen LogP contribution in [0.5, 0.6) is 0 Å². The van der Waals surface area contributed by atoms with Crippen LogP contribution in [0.2, 0.25) is 0 Å². The van der Waals surface area contributed by atoms with Gasteiger partial charge in [-0.1, -0.05) is 6.92 Å². The van der Waals surface area contributed by atoms with Crippen molar-refractivity contribution in [1.29, 1.82) is 5.26 Å². The van der Waals surface area contributed by atoms with E-state index < -0.39 is 0 Å². The van der Waals surface area contributed by atoms with Gasteiger partial charge in [0.1, 0.15) is 0 Å². The van der Waals surface area contributed by atoms with Gasteiger partial charge in [-0.2, -0.15) is 5.26 Å². The Bertz CT molecular complexity index is 893. The average molecular weight is 348 g/mol. The first-order valence-corrected chi connectivity index (χ1v) is 8.75. The second kappa shape index (κ2) is 7.10. The van der Waals surface area contributed by atoms with E-state index in [1.165, 1.54) is 0 Å². The molecule has 1 fully saturated rings. The van der Waals surface area contributed by atoms with Crippen LogP contribution in [-0.4, -0.2) is 37.7 Å². The van der Waals surface area contributed by atoms with E-state index in [1.54, 1.807) is 12.1 Å². The third-order valence-electron chi connectivity index (χ3n) is 5.00. The van der Waals surface area contributed by atoms with Gasteiger partial charge < -0.3 is 8.98 Å². The number of benzene rings is 1. The fourth-order valence-electron chi connectivity index (χ4n) is 3.42. The number of rotatable bonds is 4. The predicted octanol–water partition coefficient (Wildman–Crippen LogP) is 2.89. The minimum Gasteiger partial charge on any atom is -0.419 e. The van der Waals surface area contributed by atoms with Gasteiger partial charge in [0.25, 0.3) is 0 Å². The monoisotopic (exact) mass is 348 g/mol. The number of likely N-dealkylation sites (tertiary alicyclic amines) is 1. The first-order valence-electron chi connectivity index (χ1n) is 8.75. The van der Waals surface area contributed by atoms with Crippen LogP contribution in [0.25, 0.3) is 11.5 Å². The van der Waals surface area contributed by atoms with Crippen LogP contribution >= 0.6 is 0 Å². The highest BCUT2D eigenvalue weighted by molar-refractivity contribution is 5.54. The van der Waals surface area contributed by atoms with Gasteiger partial charge in [0.15, 0.2) is 0 Å². The number of hydrogen-bond donors (Lipinski definition) is 0. The molecule has 1 saturated heterocycles. The van der Waals surface area contributed by atoms with Crippen LogP contribution in [-0.2, 0) is 6.54 Å². The van der Waals surface area contributed by atoms with Crippen molar-refractivity contribution in [1.82, 2.24) is 24.6 Å². The predicted molar refractivity (Wildman–Crippen MR) is 94.8 cm³/mol. The molecule has 7 nitrogen and oxygen atoms in total. The standard InChI is InChI=1S/C19H20N6O/c1-14-6-8-24(11-17(14)25-9-7-21-13-25)12-18-22-23-19(26-18)16-4-2-15(10-20)3-5-16/h2-5,7,9,13-14,17H,6,8,11-12H2,1H3/t14-,17+/m1/s1. The molecule has 3 aromatic rings. The Labute approximate surface area is 151 Å². The summed E-state index contributed by atoms with van der Waals surface area (Å²) in [5.41, 5.74) is 1.44. The SMILES string of the molecule is C[C@@H]1CCN(Cc2nnc(-c3ccc(C#N)cc3)o2)C[C@@H]1n1ccnc1. The molecule has 0 aliphatic carbocycles. The van der Waals surface area contributed by atoms with E-state index in [0.717, 1.165) is 25.1 Å². The maximum atomic E-state index is 8.88. The lowest BCUT2D eigenvalue weighted by molar-refractivity contribution is 0.117. The highest BCUT2D eigenvalue weighted by Crippen LogP contribution is 2.28. The number of piperidine rings is 1. The number of hydrogen-bond acceptors (Lipinski definition) is 6. The summed E-state index contributed by atoms with van der Waals surface area (Å²) in [6, 6.07) is 9.67. The van der Waals surface area contributed by atoms with E-state index in [4.69, 9.17) is 9.68 Å². The summed E-state index contributed by atoms with van der Waals surface area (Å²) in [6.07, 6.45) is 6.87. The minimum atomic E-state index is 0.409. The molecule has 1 aromatic carbocycles. The molecule has 2 atom stereocenters. The molecule has 3 heterocycles. The normalized spacial score (nSPS) is 20.8. The quantitative estimate of drug-likeness (QED) is 0.721. The Morgan fingerprint density at radius 1 is 1.27 bits per heavy atom. The molecule has 7 heteroatoms. The van der Waals surface area contributed by atoms with Crippen LogP contribution in [0, 0.1) is 17.2 Å². The first-order chi connectivity index (χ1) is 12.7. The Balaban J connectivity index is 1.44. The molecule has 132 valence electrons. The summed E-state index contributed by atoms with van der Waals surface area (Å²) < 4.78 is 8.02. The summed E-state index contributed by atoms with van der Waals surface area (Å²) >= 11 is 0. The van der Waals surface area contributed by atoms with Crippen LogP contribution in [0.15, 0.2) is 47.4 Å². The van der Waals surface area contributed by atoms with Crippen LogP contribution in [0.3, 0.4) is 0 Å². The van der Waals surface area contributed by atoms with Gasteiger partial charge in [-0.25, -0.2) is 4.98 Å². The van der Waals surface area contributed by atoms with Gasteiger partial charge in [-0.3, -0.25) is 4.90 Å². The second-order valence-corrected chi connectivity index (χ2v) is 6.77. The van der Waals surface area contributed by atoms with E-state index in [2.05, 4.69) is 37.6 Å². The number of imidazole rings is 1. The zero-order chi connectivity index (χ0) is 17.9. The summed E-state index contributed by atoms with van der Waals surface area (Å²) in [7, 11) is 0. The molecule has 26 heavy (non-hydrogen) atoms. The summed E-state index contributed by atoms with van der Waals surface area (Å²) in [5.74, 6) is 1.71. The fraction of sp³-hybridized carbons (Fsp3) is 0.368. The third-order valence-corrected chi connectivity index (χ3v) is 5.00. The molecular weight excluding hydrogens is 328 g/mol. The smallest absolute Gasteiger partial charge is 0.247 e. The van der Waals surface area contributed by atoms with Gasteiger partial charge in [0, 0.05) is 30.5 Å². The van der Waals surface area contributed by atoms with E-state index in [-0.39, 0.29) is 0 Å². The van der Waals surface area contributed by atoms with Crippen molar-refractivity contribution in [2.45, 2.75) is 25.9 Å². The molecule has 0 unspecified atom stereocenters. The van der Waals surface area contributed by atoms with Gasteiger partial charge in [-0.15, -0.1) is 10.2 Å². The Kier molecular flexibility index (Phi) is 4.50. The molecule has 2 aromatic heterocycles. The molecule has 0 amide bonds. The maximum absolute atomic E-state index is 8.88. The fourth-order valence-corrected chi connectivity index (χ4v) is 3.42. The zero-order valence-electron chi connectivity index (χ0n) is 14.6. The summed E-state index contributed by atoms with van der Waals surface area (Å²) in [6.45, 7) is 4.88. The lowest BCUT2D eigenvalue weighted by Crippen LogP contribution is -2.40. The van der Waals surface area contributed by atoms with Crippen molar-refractivity contribution in [3.63, 3.8) is 0 Å². The Morgan fingerprint density at radius 2 is 2.12 bits per heavy atom. The van der Waals surface area contributed by atoms with Gasteiger partial charge in [0.2, 0.25) is 11.8 Å². The number of nitrogens with zero attached hydrogens (tertiary/aromatic N) is 6. The molecule has 0 bridgehead atoms. The molecule has 1 aliphatic heterocycles. The molecule has 0 spiro atoms.